The number of nitrogens with zero attached hydrogens (tertiary/aromatic N) is 2. The largest absolute Gasteiger partial charge is 0.497 e. The first-order valence-corrected chi connectivity index (χ1v) is 6.91. The van der Waals surface area contributed by atoms with Crippen molar-refractivity contribution in [2.24, 2.45) is 0 Å². The van der Waals surface area contributed by atoms with Crippen LogP contribution in [0, 0.1) is 0 Å². The van der Waals surface area contributed by atoms with Crippen molar-refractivity contribution in [2.75, 3.05) is 20.2 Å². The van der Waals surface area contributed by atoms with Gasteiger partial charge in [-0.15, -0.1) is 0 Å². The summed E-state index contributed by atoms with van der Waals surface area (Å²) in [5.41, 5.74) is 0.959. The number of ether oxygens (including phenoxy) is 2. The standard InChI is InChI=1S/C15H19N3O2/c1-19-13-5-2-4-12(8-13)18-11-15(10-17-18)20-14-6-3-7-16-9-14/h2,4-5,8,10-11,14,16H,3,6-7,9H2,1H3. The molecule has 0 aliphatic carbocycles. The van der Waals surface area contributed by atoms with Gasteiger partial charge < -0.3 is 14.8 Å². The van der Waals surface area contributed by atoms with E-state index in [2.05, 4.69) is 10.4 Å². The van der Waals surface area contributed by atoms with Crippen LogP contribution in [0.15, 0.2) is 36.7 Å². The van der Waals surface area contributed by atoms with E-state index in [0.717, 1.165) is 43.1 Å². The van der Waals surface area contributed by atoms with Crippen LogP contribution in [0.5, 0.6) is 11.5 Å². The molecule has 2 aromatic rings. The second-order valence-corrected chi connectivity index (χ2v) is 4.91. The second kappa shape index (κ2) is 5.96. The summed E-state index contributed by atoms with van der Waals surface area (Å²) in [4.78, 5) is 0. The van der Waals surface area contributed by atoms with Gasteiger partial charge in [0.2, 0.25) is 0 Å². The fourth-order valence-electron chi connectivity index (χ4n) is 2.37. The van der Waals surface area contributed by atoms with Crippen LogP contribution in [0.3, 0.4) is 0 Å². The molecule has 0 spiro atoms. The Morgan fingerprint density at radius 3 is 3.10 bits per heavy atom. The highest BCUT2D eigenvalue weighted by Gasteiger charge is 2.15. The highest BCUT2D eigenvalue weighted by Crippen LogP contribution is 2.20. The van der Waals surface area contributed by atoms with Crippen molar-refractivity contribution < 1.29 is 9.47 Å². The Bertz CT molecular complexity index is 562. The van der Waals surface area contributed by atoms with Gasteiger partial charge in [-0.1, -0.05) is 6.07 Å². The number of aromatic nitrogens is 2. The normalized spacial score (nSPS) is 18.8. The molecular formula is C15H19N3O2. The van der Waals surface area contributed by atoms with Crippen molar-refractivity contribution in [3.63, 3.8) is 0 Å². The van der Waals surface area contributed by atoms with Crippen LogP contribution in [0.4, 0.5) is 0 Å². The molecule has 3 rings (SSSR count). The van der Waals surface area contributed by atoms with E-state index in [4.69, 9.17) is 9.47 Å². The molecule has 0 radical (unpaired) electrons. The molecule has 1 N–H and O–H groups in total. The zero-order valence-corrected chi connectivity index (χ0v) is 11.6. The summed E-state index contributed by atoms with van der Waals surface area (Å²) in [5, 5.41) is 7.68. The van der Waals surface area contributed by atoms with Gasteiger partial charge in [0, 0.05) is 12.6 Å². The minimum atomic E-state index is 0.242. The van der Waals surface area contributed by atoms with Crippen LogP contribution in [-0.2, 0) is 0 Å². The molecule has 106 valence electrons. The van der Waals surface area contributed by atoms with Gasteiger partial charge in [-0.2, -0.15) is 5.10 Å². The topological polar surface area (TPSA) is 48.3 Å². The van der Waals surface area contributed by atoms with Gasteiger partial charge in [-0.3, -0.25) is 0 Å². The summed E-state index contributed by atoms with van der Waals surface area (Å²) in [6.07, 6.45) is 6.16. The van der Waals surface area contributed by atoms with Crippen LogP contribution in [0.2, 0.25) is 0 Å². The molecule has 2 heterocycles. The molecule has 0 bridgehead atoms. The van der Waals surface area contributed by atoms with Gasteiger partial charge in [0.1, 0.15) is 11.9 Å². The molecule has 1 saturated heterocycles. The van der Waals surface area contributed by atoms with E-state index >= 15 is 0 Å². The van der Waals surface area contributed by atoms with Gasteiger partial charge >= 0.3 is 0 Å². The van der Waals surface area contributed by atoms with Crippen molar-refractivity contribution in [3.8, 4) is 17.2 Å². The Kier molecular flexibility index (Phi) is 3.87. The van der Waals surface area contributed by atoms with E-state index in [9.17, 15) is 0 Å². The lowest BCUT2D eigenvalue weighted by molar-refractivity contribution is 0.167. The number of rotatable bonds is 4. The van der Waals surface area contributed by atoms with Gasteiger partial charge in [-0.25, -0.2) is 4.68 Å². The molecule has 5 nitrogen and oxygen atoms in total. The first-order chi connectivity index (χ1) is 9.85. The van der Waals surface area contributed by atoms with Crippen LogP contribution >= 0.6 is 0 Å². The fraction of sp³-hybridized carbons (Fsp3) is 0.400. The molecule has 0 amide bonds. The molecule has 20 heavy (non-hydrogen) atoms. The molecule has 0 saturated carbocycles. The average Bonchev–Trinajstić information content (AvgIpc) is 2.97. The Morgan fingerprint density at radius 1 is 1.35 bits per heavy atom. The second-order valence-electron chi connectivity index (χ2n) is 4.91. The van der Waals surface area contributed by atoms with E-state index in [1.165, 1.54) is 0 Å². The van der Waals surface area contributed by atoms with Crippen molar-refractivity contribution in [3.05, 3.63) is 36.7 Å². The molecule has 1 fully saturated rings. The van der Waals surface area contributed by atoms with Crippen LogP contribution in [-0.4, -0.2) is 36.1 Å². The zero-order valence-electron chi connectivity index (χ0n) is 11.6. The van der Waals surface area contributed by atoms with E-state index in [1.807, 2.05) is 30.5 Å². The van der Waals surface area contributed by atoms with E-state index in [1.54, 1.807) is 18.0 Å². The van der Waals surface area contributed by atoms with Gasteiger partial charge in [0.15, 0.2) is 5.75 Å². The van der Waals surface area contributed by atoms with Crippen LogP contribution < -0.4 is 14.8 Å². The van der Waals surface area contributed by atoms with Crippen LogP contribution in [0.25, 0.3) is 5.69 Å². The predicted octanol–water partition coefficient (Wildman–Crippen LogP) is 2.01. The Hall–Kier alpha value is -2.01. The Labute approximate surface area is 118 Å². The third-order valence-electron chi connectivity index (χ3n) is 3.43. The number of hydrogen-bond donors (Lipinski definition) is 1. The average molecular weight is 273 g/mol. The SMILES string of the molecule is COc1cccc(-n2cc(OC3CCCNC3)cn2)c1. The van der Waals surface area contributed by atoms with E-state index in [-0.39, 0.29) is 6.10 Å². The molecule has 5 heteroatoms. The van der Waals surface area contributed by atoms with Crippen molar-refractivity contribution in [1.29, 1.82) is 0 Å². The van der Waals surface area contributed by atoms with E-state index < -0.39 is 0 Å². The summed E-state index contributed by atoms with van der Waals surface area (Å²) in [6.45, 7) is 1.99. The zero-order chi connectivity index (χ0) is 13.8. The number of methoxy groups -OCH3 is 1. The van der Waals surface area contributed by atoms with Gasteiger partial charge in [0.05, 0.1) is 25.2 Å². The fourth-order valence-corrected chi connectivity index (χ4v) is 2.37. The monoisotopic (exact) mass is 273 g/mol. The number of piperidine rings is 1. The molecule has 1 aromatic carbocycles. The lowest BCUT2D eigenvalue weighted by Crippen LogP contribution is -2.37. The molecule has 1 unspecified atom stereocenters. The summed E-state index contributed by atoms with van der Waals surface area (Å²) >= 11 is 0. The van der Waals surface area contributed by atoms with Crippen molar-refractivity contribution >= 4 is 0 Å². The summed E-state index contributed by atoms with van der Waals surface area (Å²) < 4.78 is 13.0. The molecule has 1 aliphatic heterocycles. The summed E-state index contributed by atoms with van der Waals surface area (Å²) in [5.74, 6) is 1.62. The van der Waals surface area contributed by atoms with Gasteiger partial charge in [-0.05, 0) is 31.5 Å². The number of hydrogen-bond acceptors (Lipinski definition) is 4. The maximum atomic E-state index is 5.94. The Balaban J connectivity index is 1.72. The maximum Gasteiger partial charge on any atom is 0.158 e. The van der Waals surface area contributed by atoms with Crippen molar-refractivity contribution in [2.45, 2.75) is 18.9 Å². The highest BCUT2D eigenvalue weighted by molar-refractivity contribution is 5.39. The lowest BCUT2D eigenvalue weighted by atomic mass is 10.1. The highest BCUT2D eigenvalue weighted by atomic mass is 16.5. The third kappa shape index (κ3) is 2.93. The predicted molar refractivity (Wildman–Crippen MR) is 76.6 cm³/mol. The molecular weight excluding hydrogens is 254 g/mol. The van der Waals surface area contributed by atoms with Crippen LogP contribution in [0.1, 0.15) is 12.8 Å². The quantitative estimate of drug-likeness (QED) is 0.925. The van der Waals surface area contributed by atoms with Gasteiger partial charge in [0.25, 0.3) is 0 Å². The van der Waals surface area contributed by atoms with Crippen molar-refractivity contribution in [1.82, 2.24) is 15.1 Å². The molecule has 1 atom stereocenters. The third-order valence-corrected chi connectivity index (χ3v) is 3.43. The number of nitrogens with one attached hydrogen (secondary N) is 1. The number of benzene rings is 1. The summed E-state index contributed by atoms with van der Waals surface area (Å²) in [6, 6.07) is 7.79. The minimum absolute atomic E-state index is 0.242. The smallest absolute Gasteiger partial charge is 0.158 e. The Morgan fingerprint density at radius 2 is 2.30 bits per heavy atom. The van der Waals surface area contributed by atoms with E-state index in [0.29, 0.717) is 0 Å². The molecule has 1 aromatic heterocycles. The molecule has 1 aliphatic rings. The first kappa shape index (κ1) is 13.0. The minimum Gasteiger partial charge on any atom is -0.497 e. The summed E-state index contributed by atoms with van der Waals surface area (Å²) in [7, 11) is 1.66. The lowest BCUT2D eigenvalue weighted by Gasteiger charge is -2.22. The maximum absolute atomic E-state index is 5.94. The first-order valence-electron chi connectivity index (χ1n) is 6.91.